The molecule has 150 valence electrons. The van der Waals surface area contributed by atoms with Gasteiger partial charge in [-0.25, -0.2) is 9.78 Å². The molecular formula is C22H29N3O3. The van der Waals surface area contributed by atoms with E-state index >= 15 is 0 Å². The van der Waals surface area contributed by atoms with Crippen molar-refractivity contribution in [2.24, 2.45) is 0 Å². The zero-order valence-electron chi connectivity index (χ0n) is 17.0. The number of aryl methyl sites for hydroxylation is 1. The van der Waals surface area contributed by atoms with Crippen molar-refractivity contribution < 1.29 is 14.3 Å². The Morgan fingerprint density at radius 3 is 2.46 bits per heavy atom. The predicted molar refractivity (Wildman–Crippen MR) is 110 cm³/mol. The van der Waals surface area contributed by atoms with E-state index in [1.54, 1.807) is 13.3 Å². The van der Waals surface area contributed by atoms with Gasteiger partial charge in [-0.3, -0.25) is 4.90 Å². The summed E-state index contributed by atoms with van der Waals surface area (Å²) in [6, 6.07) is 10.1. The SMILES string of the molecule is CCCOC(=O)c1c(C)ccnc1N1CCN(Cc2ccc(OC)cc2)CC1. The maximum Gasteiger partial charge on any atom is 0.342 e. The number of anilines is 1. The van der Waals surface area contributed by atoms with E-state index in [0.717, 1.165) is 56.3 Å². The van der Waals surface area contributed by atoms with Gasteiger partial charge in [0, 0.05) is 38.9 Å². The average Bonchev–Trinajstić information content (AvgIpc) is 2.73. The van der Waals surface area contributed by atoms with Gasteiger partial charge in [0.1, 0.15) is 17.1 Å². The zero-order chi connectivity index (χ0) is 19.9. The van der Waals surface area contributed by atoms with Crippen molar-refractivity contribution in [3.8, 4) is 5.75 Å². The van der Waals surface area contributed by atoms with Crippen LogP contribution in [0.1, 0.15) is 34.8 Å². The van der Waals surface area contributed by atoms with Crippen LogP contribution in [0.15, 0.2) is 36.5 Å². The lowest BCUT2D eigenvalue weighted by Crippen LogP contribution is -2.46. The molecule has 1 aliphatic heterocycles. The van der Waals surface area contributed by atoms with Crippen molar-refractivity contribution in [1.29, 1.82) is 0 Å². The van der Waals surface area contributed by atoms with Gasteiger partial charge >= 0.3 is 5.97 Å². The van der Waals surface area contributed by atoms with Crippen molar-refractivity contribution in [3.63, 3.8) is 0 Å². The van der Waals surface area contributed by atoms with Crippen LogP contribution in [0.3, 0.4) is 0 Å². The van der Waals surface area contributed by atoms with Gasteiger partial charge in [0.05, 0.1) is 13.7 Å². The number of aromatic nitrogens is 1. The number of carbonyl (C=O) groups excluding carboxylic acids is 1. The van der Waals surface area contributed by atoms with Gasteiger partial charge in [-0.1, -0.05) is 19.1 Å². The molecule has 1 saturated heterocycles. The van der Waals surface area contributed by atoms with E-state index in [2.05, 4.69) is 26.9 Å². The number of hydrogen-bond acceptors (Lipinski definition) is 6. The number of hydrogen-bond donors (Lipinski definition) is 0. The summed E-state index contributed by atoms with van der Waals surface area (Å²) in [5, 5.41) is 0. The molecule has 0 amide bonds. The third-order valence-corrected chi connectivity index (χ3v) is 5.02. The number of pyridine rings is 1. The first-order valence-corrected chi connectivity index (χ1v) is 9.85. The maximum atomic E-state index is 12.5. The lowest BCUT2D eigenvalue weighted by molar-refractivity contribution is 0.0504. The van der Waals surface area contributed by atoms with Crippen LogP contribution in [-0.4, -0.2) is 55.7 Å². The molecule has 1 aromatic heterocycles. The smallest absolute Gasteiger partial charge is 0.342 e. The molecule has 1 fully saturated rings. The normalized spacial score (nSPS) is 14.8. The van der Waals surface area contributed by atoms with Crippen molar-refractivity contribution in [2.45, 2.75) is 26.8 Å². The summed E-state index contributed by atoms with van der Waals surface area (Å²) in [4.78, 5) is 21.7. The van der Waals surface area contributed by atoms with Crippen LogP contribution in [0.25, 0.3) is 0 Å². The maximum absolute atomic E-state index is 12.5. The molecule has 0 aliphatic carbocycles. The first-order valence-electron chi connectivity index (χ1n) is 9.85. The number of piperazine rings is 1. The van der Waals surface area contributed by atoms with Crippen LogP contribution >= 0.6 is 0 Å². The summed E-state index contributed by atoms with van der Waals surface area (Å²) in [5.74, 6) is 1.34. The fourth-order valence-corrected chi connectivity index (χ4v) is 3.41. The summed E-state index contributed by atoms with van der Waals surface area (Å²) in [7, 11) is 1.68. The highest BCUT2D eigenvalue weighted by atomic mass is 16.5. The lowest BCUT2D eigenvalue weighted by atomic mass is 10.1. The van der Waals surface area contributed by atoms with E-state index < -0.39 is 0 Å². The largest absolute Gasteiger partial charge is 0.497 e. The number of rotatable bonds is 7. The van der Waals surface area contributed by atoms with Gasteiger partial charge in [0.2, 0.25) is 0 Å². The van der Waals surface area contributed by atoms with Crippen LogP contribution in [0, 0.1) is 6.92 Å². The molecule has 0 saturated carbocycles. The number of methoxy groups -OCH3 is 1. The van der Waals surface area contributed by atoms with Gasteiger partial charge in [-0.05, 0) is 42.7 Å². The Labute approximate surface area is 167 Å². The minimum absolute atomic E-state index is 0.275. The molecular weight excluding hydrogens is 354 g/mol. The molecule has 0 bridgehead atoms. The average molecular weight is 383 g/mol. The molecule has 3 rings (SSSR count). The van der Waals surface area contributed by atoms with Crippen molar-refractivity contribution >= 4 is 11.8 Å². The molecule has 28 heavy (non-hydrogen) atoms. The molecule has 0 unspecified atom stereocenters. The van der Waals surface area contributed by atoms with Crippen LogP contribution in [-0.2, 0) is 11.3 Å². The molecule has 0 spiro atoms. The Balaban J connectivity index is 1.64. The van der Waals surface area contributed by atoms with E-state index in [0.29, 0.717) is 12.2 Å². The van der Waals surface area contributed by atoms with E-state index in [1.807, 2.05) is 32.0 Å². The first kappa shape index (κ1) is 20.1. The molecule has 1 aromatic carbocycles. The van der Waals surface area contributed by atoms with E-state index in [1.165, 1.54) is 5.56 Å². The molecule has 0 radical (unpaired) electrons. The van der Waals surface area contributed by atoms with E-state index in [-0.39, 0.29) is 5.97 Å². The van der Waals surface area contributed by atoms with Crippen molar-refractivity contribution in [1.82, 2.24) is 9.88 Å². The van der Waals surface area contributed by atoms with Crippen molar-refractivity contribution in [2.75, 3.05) is 44.8 Å². The quantitative estimate of drug-likeness (QED) is 0.684. The number of ether oxygens (including phenoxy) is 2. The monoisotopic (exact) mass is 383 g/mol. The van der Waals surface area contributed by atoms with Crippen molar-refractivity contribution in [3.05, 3.63) is 53.2 Å². The van der Waals surface area contributed by atoms with Gasteiger partial charge in [-0.2, -0.15) is 0 Å². The predicted octanol–water partition coefficient (Wildman–Crippen LogP) is 3.29. The highest BCUT2D eigenvalue weighted by molar-refractivity contribution is 5.96. The molecule has 0 atom stereocenters. The number of benzene rings is 1. The first-order chi connectivity index (χ1) is 13.6. The van der Waals surface area contributed by atoms with Crippen LogP contribution < -0.4 is 9.64 Å². The third kappa shape index (κ3) is 4.81. The summed E-state index contributed by atoms with van der Waals surface area (Å²) in [6.45, 7) is 8.78. The molecule has 6 heteroatoms. The second kappa shape index (κ2) is 9.55. The number of esters is 1. The van der Waals surface area contributed by atoms with E-state index in [9.17, 15) is 4.79 Å². The number of nitrogens with zero attached hydrogens (tertiary/aromatic N) is 3. The van der Waals surface area contributed by atoms with Gasteiger partial charge < -0.3 is 14.4 Å². The van der Waals surface area contributed by atoms with Crippen LogP contribution in [0.4, 0.5) is 5.82 Å². The molecule has 6 nitrogen and oxygen atoms in total. The van der Waals surface area contributed by atoms with Gasteiger partial charge in [0.25, 0.3) is 0 Å². The zero-order valence-corrected chi connectivity index (χ0v) is 17.0. The minimum Gasteiger partial charge on any atom is -0.497 e. The highest BCUT2D eigenvalue weighted by Gasteiger charge is 2.24. The highest BCUT2D eigenvalue weighted by Crippen LogP contribution is 2.24. The third-order valence-electron chi connectivity index (χ3n) is 5.02. The Morgan fingerprint density at radius 1 is 1.11 bits per heavy atom. The Morgan fingerprint density at radius 2 is 1.82 bits per heavy atom. The fourth-order valence-electron chi connectivity index (χ4n) is 3.41. The Hall–Kier alpha value is -2.60. The van der Waals surface area contributed by atoms with Crippen LogP contribution in [0.2, 0.25) is 0 Å². The number of carbonyl (C=O) groups is 1. The fraction of sp³-hybridized carbons (Fsp3) is 0.455. The molecule has 1 aliphatic rings. The van der Waals surface area contributed by atoms with Gasteiger partial charge in [-0.15, -0.1) is 0 Å². The Bertz CT molecular complexity index is 784. The topological polar surface area (TPSA) is 54.9 Å². The van der Waals surface area contributed by atoms with Crippen LogP contribution in [0.5, 0.6) is 5.75 Å². The van der Waals surface area contributed by atoms with E-state index in [4.69, 9.17) is 9.47 Å². The summed E-state index contributed by atoms with van der Waals surface area (Å²) in [5.41, 5.74) is 2.78. The second-order valence-corrected chi connectivity index (χ2v) is 7.07. The lowest BCUT2D eigenvalue weighted by Gasteiger charge is -2.36. The molecule has 2 heterocycles. The molecule has 2 aromatic rings. The van der Waals surface area contributed by atoms with Gasteiger partial charge in [0.15, 0.2) is 0 Å². The molecule has 0 N–H and O–H groups in total. The standard InChI is InChI=1S/C22H29N3O3/c1-4-15-28-22(26)20-17(2)9-10-23-21(20)25-13-11-24(12-14-25)16-18-5-7-19(27-3)8-6-18/h5-10H,4,11-16H2,1-3H3. The Kier molecular flexibility index (Phi) is 6.87. The summed E-state index contributed by atoms with van der Waals surface area (Å²) >= 11 is 0. The second-order valence-electron chi connectivity index (χ2n) is 7.07. The summed E-state index contributed by atoms with van der Waals surface area (Å²) < 4.78 is 10.6. The minimum atomic E-state index is -0.275. The summed E-state index contributed by atoms with van der Waals surface area (Å²) in [6.07, 6.45) is 2.58.